The van der Waals surface area contributed by atoms with Crippen LogP contribution in [0.25, 0.3) is 0 Å². The molecule has 1 N–H and O–H groups in total. The molecule has 124 valence electrons. The van der Waals surface area contributed by atoms with Gasteiger partial charge in [0.05, 0.1) is 0 Å². The van der Waals surface area contributed by atoms with E-state index in [0.717, 1.165) is 6.07 Å². The van der Waals surface area contributed by atoms with Gasteiger partial charge < -0.3 is 5.32 Å². The van der Waals surface area contributed by atoms with Gasteiger partial charge in [0.2, 0.25) is 0 Å². The van der Waals surface area contributed by atoms with Gasteiger partial charge in [0.1, 0.15) is 11.9 Å². The number of anilines is 1. The van der Waals surface area contributed by atoms with Gasteiger partial charge in [0.25, 0.3) is 0 Å². The summed E-state index contributed by atoms with van der Waals surface area (Å²) in [6, 6.07) is 8.34. The Balaban J connectivity index is 2.38. The molecule has 2 aromatic rings. The Bertz CT molecular complexity index is 639. The van der Waals surface area contributed by atoms with Crippen LogP contribution in [0, 0.1) is 12.7 Å². The highest BCUT2D eigenvalue weighted by Gasteiger charge is 2.40. The standard InChI is InChI=1S/C18H19F4N/c1-11(2)16-12(3)9-14(10-15(16)19)23-17(18(20,21)22)13-7-5-4-6-8-13/h4-11,17,23H,1-3H3. The van der Waals surface area contributed by atoms with E-state index in [-0.39, 0.29) is 17.2 Å². The van der Waals surface area contributed by atoms with Crippen LogP contribution in [0.2, 0.25) is 0 Å². The number of benzene rings is 2. The lowest BCUT2D eigenvalue weighted by atomic mass is 9.96. The quantitative estimate of drug-likeness (QED) is 0.683. The van der Waals surface area contributed by atoms with Crippen molar-refractivity contribution in [2.75, 3.05) is 5.32 Å². The maximum atomic E-state index is 14.2. The minimum Gasteiger partial charge on any atom is -0.370 e. The van der Waals surface area contributed by atoms with Gasteiger partial charge in [-0.05, 0) is 41.7 Å². The van der Waals surface area contributed by atoms with Crippen molar-refractivity contribution in [3.63, 3.8) is 0 Å². The molecule has 0 amide bonds. The summed E-state index contributed by atoms with van der Waals surface area (Å²) in [6.07, 6.45) is -4.48. The van der Waals surface area contributed by atoms with Crippen molar-refractivity contribution in [3.8, 4) is 0 Å². The molecule has 0 spiro atoms. The van der Waals surface area contributed by atoms with Crippen LogP contribution < -0.4 is 5.32 Å². The van der Waals surface area contributed by atoms with Gasteiger partial charge in [-0.3, -0.25) is 0 Å². The largest absolute Gasteiger partial charge is 0.412 e. The number of rotatable bonds is 4. The fraction of sp³-hybridized carbons (Fsp3) is 0.333. The molecule has 0 saturated heterocycles. The van der Waals surface area contributed by atoms with Gasteiger partial charge in [-0.15, -0.1) is 0 Å². The Morgan fingerprint density at radius 3 is 2.09 bits per heavy atom. The third-order valence-electron chi connectivity index (χ3n) is 3.68. The number of hydrogen-bond acceptors (Lipinski definition) is 1. The second-order valence-electron chi connectivity index (χ2n) is 5.87. The first kappa shape index (κ1) is 17.3. The van der Waals surface area contributed by atoms with Crippen LogP contribution in [-0.2, 0) is 0 Å². The Kier molecular flexibility index (Phi) is 4.97. The van der Waals surface area contributed by atoms with Crippen LogP contribution in [0.1, 0.15) is 42.5 Å². The van der Waals surface area contributed by atoms with Crippen LogP contribution in [0.15, 0.2) is 42.5 Å². The molecular formula is C18H19F4N. The van der Waals surface area contributed by atoms with E-state index in [1.165, 1.54) is 12.1 Å². The van der Waals surface area contributed by atoms with E-state index in [1.807, 2.05) is 13.8 Å². The summed E-state index contributed by atoms with van der Waals surface area (Å²) < 4.78 is 54.2. The molecule has 0 bridgehead atoms. The summed E-state index contributed by atoms with van der Waals surface area (Å²) in [5.74, 6) is -0.520. The number of nitrogens with one attached hydrogen (secondary N) is 1. The molecule has 1 nitrogen and oxygen atoms in total. The predicted octanol–water partition coefficient (Wildman–Crippen LogP) is 5.97. The molecule has 0 heterocycles. The van der Waals surface area contributed by atoms with Gasteiger partial charge >= 0.3 is 6.18 Å². The second kappa shape index (κ2) is 6.60. The summed E-state index contributed by atoms with van der Waals surface area (Å²) in [5, 5.41) is 2.42. The van der Waals surface area contributed by atoms with E-state index >= 15 is 0 Å². The minimum absolute atomic E-state index is 0.0309. The van der Waals surface area contributed by atoms with Crippen molar-refractivity contribution in [2.24, 2.45) is 0 Å². The number of hydrogen-bond donors (Lipinski definition) is 1. The van der Waals surface area contributed by atoms with E-state index in [1.54, 1.807) is 31.2 Å². The smallest absolute Gasteiger partial charge is 0.370 e. The fourth-order valence-corrected chi connectivity index (χ4v) is 2.74. The average molecular weight is 325 g/mol. The van der Waals surface area contributed by atoms with E-state index in [4.69, 9.17) is 0 Å². The maximum absolute atomic E-state index is 14.2. The number of alkyl halides is 3. The Labute approximate surface area is 133 Å². The van der Waals surface area contributed by atoms with Gasteiger partial charge in [-0.25, -0.2) is 4.39 Å². The molecule has 0 saturated carbocycles. The third kappa shape index (κ3) is 4.03. The van der Waals surface area contributed by atoms with Crippen LogP contribution in [0.5, 0.6) is 0 Å². The van der Waals surface area contributed by atoms with Crippen molar-refractivity contribution in [3.05, 3.63) is 65.0 Å². The van der Waals surface area contributed by atoms with Crippen molar-refractivity contribution >= 4 is 5.69 Å². The Morgan fingerprint density at radius 2 is 1.61 bits per heavy atom. The molecule has 1 atom stereocenters. The molecule has 2 aromatic carbocycles. The highest BCUT2D eigenvalue weighted by Crippen LogP contribution is 2.36. The molecule has 0 radical (unpaired) electrons. The topological polar surface area (TPSA) is 12.0 Å². The van der Waals surface area contributed by atoms with Crippen LogP contribution in [0.4, 0.5) is 23.2 Å². The van der Waals surface area contributed by atoms with Crippen LogP contribution in [0.3, 0.4) is 0 Å². The monoisotopic (exact) mass is 325 g/mol. The Hall–Kier alpha value is -2.04. The van der Waals surface area contributed by atoms with Gasteiger partial charge in [0, 0.05) is 5.69 Å². The molecule has 5 heteroatoms. The number of halogens is 4. The molecule has 0 aliphatic rings. The van der Waals surface area contributed by atoms with Crippen LogP contribution in [-0.4, -0.2) is 6.18 Å². The summed E-state index contributed by atoms with van der Waals surface area (Å²) in [4.78, 5) is 0. The molecule has 0 aromatic heterocycles. The molecule has 0 fully saturated rings. The SMILES string of the molecule is Cc1cc(NC(c2ccccc2)C(F)(F)F)cc(F)c1C(C)C. The van der Waals surface area contributed by atoms with Crippen molar-refractivity contribution < 1.29 is 17.6 Å². The van der Waals surface area contributed by atoms with Crippen molar-refractivity contribution in [1.82, 2.24) is 0 Å². The predicted molar refractivity (Wildman–Crippen MR) is 84.1 cm³/mol. The lowest BCUT2D eigenvalue weighted by Crippen LogP contribution is -2.28. The lowest BCUT2D eigenvalue weighted by Gasteiger charge is -2.24. The second-order valence-corrected chi connectivity index (χ2v) is 5.87. The molecular weight excluding hydrogens is 306 g/mol. The summed E-state index contributed by atoms with van der Waals surface area (Å²) in [7, 11) is 0. The Morgan fingerprint density at radius 1 is 1.00 bits per heavy atom. The molecule has 23 heavy (non-hydrogen) atoms. The van der Waals surface area contributed by atoms with Crippen molar-refractivity contribution in [2.45, 2.75) is 38.9 Å². The minimum atomic E-state index is -4.48. The van der Waals surface area contributed by atoms with Gasteiger partial charge in [-0.1, -0.05) is 44.2 Å². The number of aryl methyl sites for hydroxylation is 1. The highest BCUT2D eigenvalue weighted by atomic mass is 19.4. The average Bonchev–Trinajstić information content (AvgIpc) is 2.43. The summed E-state index contributed by atoms with van der Waals surface area (Å²) >= 11 is 0. The van der Waals surface area contributed by atoms with E-state index < -0.39 is 18.0 Å². The lowest BCUT2D eigenvalue weighted by molar-refractivity contribution is -0.144. The molecule has 1 unspecified atom stereocenters. The zero-order chi connectivity index (χ0) is 17.2. The zero-order valence-electron chi connectivity index (χ0n) is 13.2. The van der Waals surface area contributed by atoms with E-state index in [2.05, 4.69) is 5.32 Å². The summed E-state index contributed by atoms with van der Waals surface area (Å²) in [5.41, 5.74) is 1.37. The third-order valence-corrected chi connectivity index (χ3v) is 3.68. The van der Waals surface area contributed by atoms with E-state index in [9.17, 15) is 17.6 Å². The first-order valence-corrected chi connectivity index (χ1v) is 7.38. The van der Waals surface area contributed by atoms with Crippen LogP contribution >= 0.6 is 0 Å². The fourth-order valence-electron chi connectivity index (χ4n) is 2.74. The first-order valence-electron chi connectivity index (χ1n) is 7.38. The zero-order valence-corrected chi connectivity index (χ0v) is 13.2. The highest BCUT2D eigenvalue weighted by molar-refractivity contribution is 5.51. The van der Waals surface area contributed by atoms with E-state index in [0.29, 0.717) is 11.1 Å². The molecule has 0 aliphatic carbocycles. The van der Waals surface area contributed by atoms with Gasteiger partial charge in [-0.2, -0.15) is 13.2 Å². The van der Waals surface area contributed by atoms with Crippen molar-refractivity contribution in [1.29, 1.82) is 0 Å². The first-order chi connectivity index (χ1) is 10.7. The maximum Gasteiger partial charge on any atom is 0.412 e. The summed E-state index contributed by atoms with van der Waals surface area (Å²) in [6.45, 7) is 5.40. The normalized spacial score (nSPS) is 13.2. The molecule has 0 aliphatic heterocycles. The molecule has 2 rings (SSSR count). The van der Waals surface area contributed by atoms with Gasteiger partial charge in [0.15, 0.2) is 0 Å².